The molecule has 0 atom stereocenters. The van der Waals surface area contributed by atoms with Crippen molar-refractivity contribution in [2.24, 2.45) is 0 Å². The van der Waals surface area contributed by atoms with E-state index in [-0.39, 0.29) is 13.0 Å². The summed E-state index contributed by atoms with van der Waals surface area (Å²) in [4.78, 5) is 16.3. The van der Waals surface area contributed by atoms with E-state index < -0.39 is 5.92 Å². The maximum absolute atomic E-state index is 12.8. The average Bonchev–Trinajstić information content (AvgIpc) is 2.70. The number of rotatable bonds is 2. The summed E-state index contributed by atoms with van der Waals surface area (Å²) in [7, 11) is 0. The fourth-order valence-electron chi connectivity index (χ4n) is 1.38. The van der Waals surface area contributed by atoms with Crippen LogP contribution in [0.15, 0.2) is 6.20 Å². The molecule has 2 heterocycles. The highest BCUT2D eigenvalue weighted by Gasteiger charge is 2.39. The minimum Gasteiger partial charge on any atom is -0.342 e. The van der Waals surface area contributed by atoms with Crippen LogP contribution in [-0.2, 0) is 0 Å². The Bertz CT molecular complexity index is 353. The highest BCUT2D eigenvalue weighted by Crippen LogP contribution is 2.32. The van der Waals surface area contributed by atoms with E-state index in [1.165, 1.54) is 11.1 Å². The summed E-state index contributed by atoms with van der Waals surface area (Å²) in [6.07, 6.45) is 1.95. The number of carbonyl (C=O) groups is 1. The second kappa shape index (κ2) is 3.27. The van der Waals surface area contributed by atoms with E-state index in [4.69, 9.17) is 0 Å². The van der Waals surface area contributed by atoms with Crippen LogP contribution in [0.3, 0.4) is 0 Å². The van der Waals surface area contributed by atoms with Crippen LogP contribution >= 0.6 is 11.3 Å². The molecule has 0 saturated carbocycles. The third kappa shape index (κ3) is 1.75. The van der Waals surface area contributed by atoms with Crippen molar-refractivity contribution in [2.45, 2.75) is 12.3 Å². The van der Waals surface area contributed by atoms with Crippen molar-refractivity contribution in [1.29, 1.82) is 0 Å². The van der Waals surface area contributed by atoms with Crippen molar-refractivity contribution in [1.82, 2.24) is 4.98 Å². The molecule has 1 saturated heterocycles. The highest BCUT2D eigenvalue weighted by atomic mass is 32.1. The topological polar surface area (TPSA) is 33.2 Å². The van der Waals surface area contributed by atoms with Crippen LogP contribution in [0.2, 0.25) is 0 Å². The van der Waals surface area contributed by atoms with E-state index in [2.05, 4.69) is 4.98 Å². The number of anilines is 1. The zero-order chi connectivity index (χ0) is 10.2. The van der Waals surface area contributed by atoms with E-state index in [0.29, 0.717) is 22.8 Å². The molecule has 6 heteroatoms. The molecule has 0 spiro atoms. The third-order valence-corrected chi connectivity index (χ3v) is 3.05. The van der Waals surface area contributed by atoms with Gasteiger partial charge in [-0.25, -0.2) is 13.8 Å². The maximum Gasteiger partial charge on any atom is 0.267 e. The zero-order valence-electron chi connectivity index (χ0n) is 7.24. The first-order valence-electron chi connectivity index (χ1n) is 4.14. The minimum atomic E-state index is -2.62. The van der Waals surface area contributed by atoms with E-state index >= 15 is 0 Å². The van der Waals surface area contributed by atoms with Gasteiger partial charge in [0.15, 0.2) is 11.4 Å². The lowest BCUT2D eigenvalue weighted by molar-refractivity contribution is 0.0257. The summed E-state index contributed by atoms with van der Waals surface area (Å²) in [6, 6.07) is 0. The summed E-state index contributed by atoms with van der Waals surface area (Å²) in [5.41, 5.74) is 0. The van der Waals surface area contributed by atoms with E-state index in [0.717, 1.165) is 11.3 Å². The lowest BCUT2D eigenvalue weighted by atomic mass is 10.3. The van der Waals surface area contributed by atoms with Crippen LogP contribution < -0.4 is 4.90 Å². The number of hydrogen-bond acceptors (Lipinski definition) is 4. The van der Waals surface area contributed by atoms with Crippen LogP contribution in [-0.4, -0.2) is 30.3 Å². The monoisotopic (exact) mass is 218 g/mol. The Morgan fingerprint density at radius 2 is 2.43 bits per heavy atom. The third-order valence-electron chi connectivity index (χ3n) is 2.07. The van der Waals surface area contributed by atoms with Crippen molar-refractivity contribution in [2.75, 3.05) is 18.0 Å². The second-order valence-electron chi connectivity index (χ2n) is 3.19. The van der Waals surface area contributed by atoms with Gasteiger partial charge in [-0.2, -0.15) is 0 Å². The van der Waals surface area contributed by atoms with E-state index in [1.807, 2.05) is 0 Å². The molecule has 1 aliphatic heterocycles. The number of aromatic nitrogens is 1. The normalized spacial score (nSPS) is 20.0. The Kier molecular flexibility index (Phi) is 2.22. The number of hydrogen-bond donors (Lipinski definition) is 0. The molecule has 0 aliphatic carbocycles. The summed E-state index contributed by atoms with van der Waals surface area (Å²) in [6.45, 7) is 0.0115. The SMILES string of the molecule is O=Cc1cnc(N2CCC(F)(F)C2)s1. The van der Waals surface area contributed by atoms with Crippen LogP contribution in [0.4, 0.5) is 13.9 Å². The Hall–Kier alpha value is -1.04. The fraction of sp³-hybridized carbons (Fsp3) is 0.500. The van der Waals surface area contributed by atoms with Gasteiger partial charge >= 0.3 is 0 Å². The Morgan fingerprint density at radius 3 is 2.93 bits per heavy atom. The summed E-state index contributed by atoms with van der Waals surface area (Å²) >= 11 is 1.14. The van der Waals surface area contributed by atoms with Gasteiger partial charge in [0.25, 0.3) is 5.92 Å². The lowest BCUT2D eigenvalue weighted by Gasteiger charge is -2.13. The summed E-state index contributed by atoms with van der Waals surface area (Å²) in [5.74, 6) is -2.62. The van der Waals surface area contributed by atoms with Crippen LogP contribution in [0.1, 0.15) is 16.1 Å². The summed E-state index contributed by atoms with van der Waals surface area (Å²) in [5, 5.41) is 0.504. The van der Waals surface area contributed by atoms with Gasteiger partial charge in [0.1, 0.15) is 0 Å². The first-order valence-corrected chi connectivity index (χ1v) is 4.96. The molecule has 14 heavy (non-hydrogen) atoms. The number of carbonyl (C=O) groups excluding carboxylic acids is 1. The number of aldehydes is 1. The van der Waals surface area contributed by atoms with E-state index in [9.17, 15) is 13.6 Å². The molecule has 2 rings (SSSR count). The first-order chi connectivity index (χ1) is 6.61. The van der Waals surface area contributed by atoms with Gasteiger partial charge in [-0.1, -0.05) is 11.3 Å². The minimum absolute atomic E-state index is 0.136. The Morgan fingerprint density at radius 1 is 1.64 bits per heavy atom. The maximum atomic E-state index is 12.8. The fourth-order valence-corrected chi connectivity index (χ4v) is 2.13. The van der Waals surface area contributed by atoms with Crippen molar-refractivity contribution < 1.29 is 13.6 Å². The molecule has 76 valence electrons. The highest BCUT2D eigenvalue weighted by molar-refractivity contribution is 7.17. The molecule has 1 aromatic heterocycles. The molecule has 1 aromatic rings. The molecule has 3 nitrogen and oxygen atoms in total. The summed E-state index contributed by atoms with van der Waals surface area (Å²) < 4.78 is 25.7. The average molecular weight is 218 g/mol. The largest absolute Gasteiger partial charge is 0.342 e. The molecule has 0 unspecified atom stereocenters. The van der Waals surface area contributed by atoms with Gasteiger partial charge in [-0.15, -0.1) is 0 Å². The number of thiazole rings is 1. The number of alkyl halides is 2. The van der Waals surface area contributed by atoms with Crippen molar-refractivity contribution >= 4 is 22.8 Å². The second-order valence-corrected chi connectivity index (χ2v) is 4.23. The molecule has 0 bridgehead atoms. The predicted molar refractivity (Wildman–Crippen MR) is 49.3 cm³/mol. The Labute approximate surface area is 83.4 Å². The van der Waals surface area contributed by atoms with Gasteiger partial charge in [0, 0.05) is 13.0 Å². The van der Waals surface area contributed by atoms with Crippen LogP contribution in [0, 0.1) is 0 Å². The van der Waals surface area contributed by atoms with Crippen molar-refractivity contribution in [3.05, 3.63) is 11.1 Å². The van der Waals surface area contributed by atoms with Gasteiger partial charge < -0.3 is 4.90 Å². The van der Waals surface area contributed by atoms with Crippen LogP contribution in [0.25, 0.3) is 0 Å². The molecule has 0 aromatic carbocycles. The van der Waals surface area contributed by atoms with Crippen molar-refractivity contribution in [3.63, 3.8) is 0 Å². The molecular weight excluding hydrogens is 210 g/mol. The van der Waals surface area contributed by atoms with Gasteiger partial charge in [-0.05, 0) is 0 Å². The van der Waals surface area contributed by atoms with E-state index in [1.54, 1.807) is 0 Å². The molecular formula is C8H8F2N2OS. The standard InChI is InChI=1S/C8H8F2N2OS/c9-8(10)1-2-12(5-8)7-11-3-6(4-13)14-7/h3-4H,1-2,5H2. The molecule has 1 aliphatic rings. The number of nitrogens with zero attached hydrogens (tertiary/aromatic N) is 2. The molecule has 0 amide bonds. The van der Waals surface area contributed by atoms with Gasteiger partial charge in [-0.3, -0.25) is 4.79 Å². The van der Waals surface area contributed by atoms with Gasteiger partial charge in [0.05, 0.1) is 17.6 Å². The van der Waals surface area contributed by atoms with Crippen LogP contribution in [0.5, 0.6) is 0 Å². The van der Waals surface area contributed by atoms with Gasteiger partial charge in [0.2, 0.25) is 0 Å². The smallest absolute Gasteiger partial charge is 0.267 e. The molecule has 0 radical (unpaired) electrons. The zero-order valence-corrected chi connectivity index (χ0v) is 8.06. The molecule has 0 N–H and O–H groups in total. The lowest BCUT2D eigenvalue weighted by Crippen LogP contribution is -2.24. The van der Waals surface area contributed by atoms with Crippen molar-refractivity contribution in [3.8, 4) is 0 Å². The number of halogens is 2. The molecule has 1 fully saturated rings. The first kappa shape index (κ1) is 9.51. The quantitative estimate of drug-likeness (QED) is 0.710. The Balaban J connectivity index is 2.13. The predicted octanol–water partition coefficient (Wildman–Crippen LogP) is 1.80.